The predicted octanol–water partition coefficient (Wildman–Crippen LogP) is 7.15. The molecule has 35 heavy (non-hydrogen) atoms. The first kappa shape index (κ1) is 27.5. The highest BCUT2D eigenvalue weighted by molar-refractivity contribution is 6.42. The second-order valence-electron chi connectivity index (χ2n) is 7.72. The Labute approximate surface area is 217 Å². The Morgan fingerprint density at radius 1 is 0.657 bits per heavy atom. The molecule has 2 aromatic carbocycles. The number of hydrogen-bond donors (Lipinski definition) is 0. The number of alkyl halides is 4. The second kappa shape index (κ2) is 10.5. The lowest BCUT2D eigenvalue weighted by molar-refractivity contribution is -0.143. The number of carbonyl (C=O) groups is 3. The first-order chi connectivity index (χ1) is 16.2. The largest absolute Gasteiger partial charge is 0.333 e. The fourth-order valence-corrected chi connectivity index (χ4v) is 3.96. The molecular formula is C22H16Cl4F4N2O3. The second-order valence-corrected chi connectivity index (χ2v) is 9.35. The van der Waals surface area contributed by atoms with E-state index in [9.17, 15) is 31.9 Å². The zero-order valence-electron chi connectivity index (χ0n) is 17.6. The van der Waals surface area contributed by atoms with Gasteiger partial charge in [0.1, 0.15) is 6.42 Å². The molecule has 0 atom stereocenters. The van der Waals surface area contributed by atoms with Gasteiger partial charge in [0, 0.05) is 37.1 Å². The quantitative estimate of drug-likeness (QED) is 0.249. The number of rotatable bonds is 8. The number of benzene rings is 2. The van der Waals surface area contributed by atoms with Crippen molar-refractivity contribution in [3.63, 3.8) is 0 Å². The van der Waals surface area contributed by atoms with Gasteiger partial charge in [-0.1, -0.05) is 58.5 Å². The van der Waals surface area contributed by atoms with Gasteiger partial charge < -0.3 is 0 Å². The summed E-state index contributed by atoms with van der Waals surface area (Å²) in [4.78, 5) is 38.0. The number of barbiturate groups is 1. The Hall–Kier alpha value is -2.07. The molecule has 188 valence electrons. The number of hydrogen-bond acceptors (Lipinski definition) is 3. The zero-order valence-corrected chi connectivity index (χ0v) is 20.7. The van der Waals surface area contributed by atoms with Gasteiger partial charge in [-0.2, -0.15) is 0 Å². The monoisotopic (exact) mass is 572 g/mol. The van der Waals surface area contributed by atoms with Crippen molar-refractivity contribution < 1.29 is 31.9 Å². The topological polar surface area (TPSA) is 57.7 Å². The van der Waals surface area contributed by atoms with Crippen molar-refractivity contribution in [2.75, 3.05) is 13.1 Å². The van der Waals surface area contributed by atoms with E-state index in [-0.39, 0.29) is 20.1 Å². The van der Waals surface area contributed by atoms with E-state index < -0.39 is 73.2 Å². The number of nitrogens with zero attached hydrogens (tertiary/aromatic N) is 2. The van der Waals surface area contributed by atoms with E-state index >= 15 is 0 Å². The third kappa shape index (κ3) is 6.20. The summed E-state index contributed by atoms with van der Waals surface area (Å²) in [7, 11) is 0. The number of imide groups is 2. The van der Waals surface area contributed by atoms with E-state index in [4.69, 9.17) is 46.4 Å². The summed E-state index contributed by atoms with van der Waals surface area (Å²) in [6.07, 6.45) is -2.78. The van der Waals surface area contributed by atoms with Crippen LogP contribution in [0.2, 0.25) is 20.1 Å². The number of urea groups is 1. The molecule has 0 saturated carbocycles. The molecule has 2 aromatic rings. The average Bonchev–Trinajstić information content (AvgIpc) is 2.76. The van der Waals surface area contributed by atoms with E-state index in [1.165, 1.54) is 12.1 Å². The Bertz CT molecular complexity index is 1090. The van der Waals surface area contributed by atoms with Gasteiger partial charge in [-0.3, -0.25) is 19.4 Å². The van der Waals surface area contributed by atoms with Crippen LogP contribution in [0.1, 0.15) is 30.4 Å². The molecule has 0 aromatic heterocycles. The summed E-state index contributed by atoms with van der Waals surface area (Å²) in [5.74, 6) is -9.00. The SMILES string of the molecule is O=C1CC(=O)N(CCC(F)(F)c2ccc(Cl)c(Cl)c2)C(=O)N1CCC(F)(F)c1ccc(Cl)c(Cl)c1. The van der Waals surface area contributed by atoms with Crippen molar-refractivity contribution in [1.29, 1.82) is 0 Å². The standard InChI is InChI=1S/C22H16Cl4F4N2O3/c23-14-3-1-12(9-16(14)25)21(27,28)5-7-31-18(33)11-19(34)32(20(31)35)8-6-22(29,30)13-2-4-15(24)17(26)10-13/h1-4,9-10H,5-8,11H2. The lowest BCUT2D eigenvalue weighted by atomic mass is 10.0. The van der Waals surface area contributed by atoms with E-state index in [1.54, 1.807) is 0 Å². The van der Waals surface area contributed by atoms with Crippen molar-refractivity contribution in [3.8, 4) is 0 Å². The number of halogens is 8. The van der Waals surface area contributed by atoms with E-state index in [2.05, 4.69) is 0 Å². The minimum atomic E-state index is -3.50. The maximum atomic E-state index is 14.7. The molecule has 3 rings (SSSR count). The molecule has 1 fully saturated rings. The van der Waals surface area contributed by atoms with E-state index in [0.29, 0.717) is 9.80 Å². The molecule has 0 unspecified atom stereocenters. The Morgan fingerprint density at radius 3 is 1.37 bits per heavy atom. The van der Waals surface area contributed by atoms with Crippen molar-refractivity contribution in [1.82, 2.24) is 9.80 Å². The van der Waals surface area contributed by atoms with Gasteiger partial charge in [-0.05, 0) is 24.3 Å². The molecule has 0 radical (unpaired) electrons. The summed E-state index contributed by atoms with van der Waals surface area (Å²) >= 11 is 23.0. The van der Waals surface area contributed by atoms with Gasteiger partial charge in [0.15, 0.2) is 0 Å². The Balaban J connectivity index is 1.70. The minimum absolute atomic E-state index is 0.0689. The lowest BCUT2D eigenvalue weighted by Gasteiger charge is -2.34. The highest BCUT2D eigenvalue weighted by Crippen LogP contribution is 2.37. The molecule has 0 spiro atoms. The van der Waals surface area contributed by atoms with Crippen LogP contribution in [-0.4, -0.2) is 40.7 Å². The summed E-state index contributed by atoms with van der Waals surface area (Å²) in [6, 6.07) is 5.14. The normalized spacial score (nSPS) is 15.3. The van der Waals surface area contributed by atoms with Crippen LogP contribution in [0, 0.1) is 0 Å². The van der Waals surface area contributed by atoms with Gasteiger partial charge in [0.2, 0.25) is 11.8 Å². The molecule has 1 aliphatic rings. The van der Waals surface area contributed by atoms with Crippen LogP contribution in [-0.2, 0) is 21.4 Å². The van der Waals surface area contributed by atoms with Crippen LogP contribution < -0.4 is 0 Å². The third-order valence-corrected chi connectivity index (χ3v) is 6.83. The molecule has 5 nitrogen and oxygen atoms in total. The van der Waals surface area contributed by atoms with Crippen LogP contribution in [0.15, 0.2) is 36.4 Å². The van der Waals surface area contributed by atoms with Crippen molar-refractivity contribution in [2.24, 2.45) is 0 Å². The molecule has 0 bridgehead atoms. The first-order valence-corrected chi connectivity index (χ1v) is 11.6. The summed E-state index contributed by atoms with van der Waals surface area (Å²) in [5.41, 5.74) is -0.976. The average molecular weight is 574 g/mol. The highest BCUT2D eigenvalue weighted by atomic mass is 35.5. The summed E-state index contributed by atoms with van der Waals surface area (Å²) in [5, 5.41) is -0.0684. The molecule has 1 saturated heterocycles. The minimum Gasteiger partial charge on any atom is -0.274 e. The van der Waals surface area contributed by atoms with Crippen LogP contribution in [0.3, 0.4) is 0 Å². The molecule has 1 heterocycles. The van der Waals surface area contributed by atoms with Crippen LogP contribution in [0.5, 0.6) is 0 Å². The van der Waals surface area contributed by atoms with Crippen LogP contribution >= 0.6 is 46.4 Å². The fraction of sp³-hybridized carbons (Fsp3) is 0.318. The smallest absolute Gasteiger partial charge is 0.274 e. The number of carbonyl (C=O) groups excluding carboxylic acids is 3. The van der Waals surface area contributed by atoms with Crippen molar-refractivity contribution >= 4 is 64.2 Å². The van der Waals surface area contributed by atoms with Gasteiger partial charge in [-0.15, -0.1) is 0 Å². The van der Waals surface area contributed by atoms with Gasteiger partial charge in [0.05, 0.1) is 20.1 Å². The van der Waals surface area contributed by atoms with Crippen LogP contribution in [0.25, 0.3) is 0 Å². The van der Waals surface area contributed by atoms with Gasteiger partial charge in [0.25, 0.3) is 11.8 Å². The molecular weight excluding hydrogens is 558 g/mol. The lowest BCUT2D eigenvalue weighted by Crippen LogP contribution is -2.56. The molecule has 13 heteroatoms. The van der Waals surface area contributed by atoms with E-state index in [1.807, 2.05) is 0 Å². The highest BCUT2D eigenvalue weighted by Gasteiger charge is 2.42. The summed E-state index contributed by atoms with van der Waals surface area (Å²) in [6.45, 7) is -1.50. The maximum absolute atomic E-state index is 14.7. The third-order valence-electron chi connectivity index (χ3n) is 5.35. The van der Waals surface area contributed by atoms with E-state index in [0.717, 1.165) is 24.3 Å². The van der Waals surface area contributed by atoms with Crippen molar-refractivity contribution in [3.05, 3.63) is 67.6 Å². The van der Waals surface area contributed by atoms with Gasteiger partial charge in [-0.25, -0.2) is 22.4 Å². The Morgan fingerprint density at radius 2 is 1.03 bits per heavy atom. The summed E-state index contributed by atoms with van der Waals surface area (Å²) < 4.78 is 58.6. The zero-order chi connectivity index (χ0) is 26.1. The molecule has 1 aliphatic heterocycles. The molecule has 4 amide bonds. The maximum Gasteiger partial charge on any atom is 0.333 e. The van der Waals surface area contributed by atoms with Crippen LogP contribution in [0.4, 0.5) is 22.4 Å². The fourth-order valence-electron chi connectivity index (χ4n) is 3.36. The first-order valence-electron chi connectivity index (χ1n) is 10.0. The molecule has 0 aliphatic carbocycles. The Kier molecular flexibility index (Phi) is 8.26. The predicted molar refractivity (Wildman–Crippen MR) is 123 cm³/mol. The van der Waals surface area contributed by atoms with Gasteiger partial charge >= 0.3 is 6.03 Å². The number of amides is 4. The van der Waals surface area contributed by atoms with Crippen molar-refractivity contribution in [2.45, 2.75) is 31.1 Å². The molecule has 0 N–H and O–H groups in total.